The summed E-state index contributed by atoms with van der Waals surface area (Å²) in [6, 6.07) is 5.90. The average Bonchev–Trinajstić information content (AvgIpc) is 2.74. The molecule has 1 aliphatic rings. The number of rotatable bonds is 1. The van der Waals surface area contributed by atoms with Crippen molar-refractivity contribution in [3.05, 3.63) is 46.1 Å². The minimum atomic E-state index is -0.282. The second-order valence-electron chi connectivity index (χ2n) is 4.70. The van der Waals surface area contributed by atoms with E-state index in [1.54, 1.807) is 6.20 Å². The molecule has 1 aromatic heterocycles. The maximum absolute atomic E-state index is 11.8. The van der Waals surface area contributed by atoms with Gasteiger partial charge in [0.15, 0.2) is 0 Å². The van der Waals surface area contributed by atoms with Crippen LogP contribution in [0.3, 0.4) is 0 Å². The number of benzene rings is 1. The van der Waals surface area contributed by atoms with Crippen LogP contribution >= 0.6 is 11.6 Å². The molecular weight excluding hydrogens is 262 g/mol. The van der Waals surface area contributed by atoms with Crippen molar-refractivity contribution in [3.63, 3.8) is 0 Å². The summed E-state index contributed by atoms with van der Waals surface area (Å²) in [4.78, 5) is 15.0. The van der Waals surface area contributed by atoms with Gasteiger partial charge in [-0.25, -0.2) is 4.79 Å². The van der Waals surface area contributed by atoms with Gasteiger partial charge in [0.25, 0.3) is 0 Å². The molecule has 0 unspecified atom stereocenters. The molecule has 0 spiro atoms. The fraction of sp³-hybridized carbons (Fsp3) is 0.267. The number of carbonyl (C=O) groups is 1. The number of methoxy groups -OCH3 is 1. The number of ether oxygens (including phenoxy) is 1. The molecule has 0 amide bonds. The van der Waals surface area contributed by atoms with Crippen LogP contribution in [0.15, 0.2) is 24.4 Å². The van der Waals surface area contributed by atoms with Gasteiger partial charge in [0, 0.05) is 22.5 Å². The monoisotopic (exact) mass is 275 g/mol. The van der Waals surface area contributed by atoms with Gasteiger partial charge in [-0.3, -0.25) is 0 Å². The summed E-state index contributed by atoms with van der Waals surface area (Å²) in [5.41, 5.74) is 5.06. The normalized spacial score (nSPS) is 13.4. The Morgan fingerprint density at radius 1 is 1.37 bits per heavy atom. The van der Waals surface area contributed by atoms with Gasteiger partial charge in [0.05, 0.1) is 12.7 Å². The molecular formula is C15H14ClNO2. The van der Waals surface area contributed by atoms with E-state index in [4.69, 9.17) is 16.3 Å². The number of nitrogens with one attached hydrogen (secondary N) is 1. The second kappa shape index (κ2) is 4.74. The van der Waals surface area contributed by atoms with Crippen molar-refractivity contribution in [1.82, 2.24) is 4.98 Å². The van der Waals surface area contributed by atoms with Gasteiger partial charge < -0.3 is 9.72 Å². The third-order valence-electron chi connectivity index (χ3n) is 3.60. The highest BCUT2D eigenvalue weighted by Gasteiger charge is 2.22. The van der Waals surface area contributed by atoms with E-state index in [2.05, 4.69) is 4.98 Å². The van der Waals surface area contributed by atoms with Gasteiger partial charge in [0.2, 0.25) is 0 Å². The Bertz CT molecular complexity index is 646. The number of H-pyrrole nitrogens is 1. The summed E-state index contributed by atoms with van der Waals surface area (Å²) in [5, 5.41) is 0.752. The van der Waals surface area contributed by atoms with Crippen LogP contribution in [0.2, 0.25) is 5.02 Å². The van der Waals surface area contributed by atoms with E-state index in [9.17, 15) is 4.79 Å². The van der Waals surface area contributed by atoms with Crippen LogP contribution in [-0.2, 0) is 17.6 Å². The van der Waals surface area contributed by atoms with Gasteiger partial charge in [-0.2, -0.15) is 0 Å². The zero-order chi connectivity index (χ0) is 13.4. The SMILES string of the molecule is COC(=O)c1c[nH]c2c1CCCc1cc(Cl)ccc1-2. The van der Waals surface area contributed by atoms with Crippen molar-refractivity contribution >= 4 is 17.6 Å². The summed E-state index contributed by atoms with van der Waals surface area (Å²) in [5.74, 6) is -0.282. The lowest BCUT2D eigenvalue weighted by Gasteiger charge is -2.06. The Morgan fingerprint density at radius 2 is 2.21 bits per heavy atom. The summed E-state index contributed by atoms with van der Waals surface area (Å²) in [6.07, 6.45) is 4.58. The molecule has 0 fully saturated rings. The molecule has 98 valence electrons. The Labute approximate surface area is 116 Å². The number of hydrogen-bond donors (Lipinski definition) is 1. The zero-order valence-electron chi connectivity index (χ0n) is 10.6. The van der Waals surface area contributed by atoms with Crippen LogP contribution in [0.5, 0.6) is 0 Å². The number of aromatic nitrogens is 1. The van der Waals surface area contributed by atoms with E-state index in [1.807, 2.05) is 18.2 Å². The van der Waals surface area contributed by atoms with Crippen molar-refractivity contribution in [3.8, 4) is 11.3 Å². The number of esters is 1. The molecule has 0 saturated heterocycles. The first-order valence-corrected chi connectivity index (χ1v) is 6.66. The number of carbonyl (C=O) groups excluding carboxylic acids is 1. The van der Waals surface area contributed by atoms with Gasteiger partial charge in [-0.1, -0.05) is 17.7 Å². The highest BCUT2D eigenvalue weighted by Crippen LogP contribution is 2.34. The Kier molecular flexibility index (Phi) is 3.07. The smallest absolute Gasteiger partial charge is 0.339 e. The van der Waals surface area contributed by atoms with Crippen LogP contribution in [0.4, 0.5) is 0 Å². The molecule has 19 heavy (non-hydrogen) atoms. The minimum absolute atomic E-state index is 0.282. The molecule has 1 N–H and O–H groups in total. The first kappa shape index (κ1) is 12.3. The molecule has 0 bridgehead atoms. The van der Waals surface area contributed by atoms with E-state index in [1.165, 1.54) is 12.7 Å². The van der Waals surface area contributed by atoms with Crippen molar-refractivity contribution in [2.45, 2.75) is 19.3 Å². The minimum Gasteiger partial charge on any atom is -0.465 e. The highest BCUT2D eigenvalue weighted by atomic mass is 35.5. The molecule has 3 rings (SSSR count). The van der Waals surface area contributed by atoms with Crippen LogP contribution in [0.1, 0.15) is 27.9 Å². The van der Waals surface area contributed by atoms with Gasteiger partial charge in [0.1, 0.15) is 0 Å². The van der Waals surface area contributed by atoms with Crippen molar-refractivity contribution in [2.75, 3.05) is 7.11 Å². The molecule has 1 heterocycles. The molecule has 0 saturated carbocycles. The summed E-state index contributed by atoms with van der Waals surface area (Å²) >= 11 is 6.05. The second-order valence-corrected chi connectivity index (χ2v) is 5.14. The molecule has 0 radical (unpaired) electrons. The van der Waals surface area contributed by atoms with Crippen molar-refractivity contribution < 1.29 is 9.53 Å². The molecule has 2 aromatic rings. The number of fused-ring (bicyclic) bond motifs is 3. The maximum atomic E-state index is 11.8. The first-order valence-electron chi connectivity index (χ1n) is 6.28. The molecule has 1 aromatic carbocycles. The predicted octanol–water partition coefficient (Wildman–Crippen LogP) is 3.61. The lowest BCUT2D eigenvalue weighted by atomic mass is 10.0. The quantitative estimate of drug-likeness (QED) is 0.808. The van der Waals surface area contributed by atoms with Crippen LogP contribution < -0.4 is 0 Å². The lowest BCUT2D eigenvalue weighted by Crippen LogP contribution is -2.03. The molecule has 1 aliphatic carbocycles. The van der Waals surface area contributed by atoms with E-state index in [0.29, 0.717) is 5.56 Å². The number of aryl methyl sites for hydroxylation is 1. The average molecular weight is 276 g/mol. The third kappa shape index (κ3) is 2.04. The Hall–Kier alpha value is -1.74. The Balaban J connectivity index is 2.17. The summed E-state index contributed by atoms with van der Waals surface area (Å²) in [6.45, 7) is 0. The summed E-state index contributed by atoms with van der Waals surface area (Å²) in [7, 11) is 1.41. The van der Waals surface area contributed by atoms with E-state index in [0.717, 1.165) is 41.1 Å². The fourth-order valence-electron chi connectivity index (χ4n) is 2.71. The zero-order valence-corrected chi connectivity index (χ0v) is 11.4. The maximum Gasteiger partial charge on any atom is 0.339 e. The Morgan fingerprint density at radius 3 is 3.00 bits per heavy atom. The predicted molar refractivity (Wildman–Crippen MR) is 74.6 cm³/mol. The van der Waals surface area contributed by atoms with Crippen LogP contribution in [0, 0.1) is 0 Å². The fourth-order valence-corrected chi connectivity index (χ4v) is 2.91. The van der Waals surface area contributed by atoms with Crippen molar-refractivity contribution in [2.24, 2.45) is 0 Å². The molecule has 0 aliphatic heterocycles. The van der Waals surface area contributed by atoms with Crippen LogP contribution in [0.25, 0.3) is 11.3 Å². The topological polar surface area (TPSA) is 42.1 Å². The number of halogens is 1. The van der Waals surface area contributed by atoms with Gasteiger partial charge in [-0.15, -0.1) is 0 Å². The standard InChI is InChI=1S/C15H14ClNO2/c1-19-15(18)13-8-17-14-11-6-5-10(16)7-9(11)3-2-4-12(13)14/h5-8,17H,2-4H2,1H3. The molecule has 4 heteroatoms. The van der Waals surface area contributed by atoms with E-state index in [-0.39, 0.29) is 5.97 Å². The highest BCUT2D eigenvalue weighted by molar-refractivity contribution is 6.30. The molecule has 3 nitrogen and oxygen atoms in total. The first-order chi connectivity index (χ1) is 9.20. The van der Waals surface area contributed by atoms with E-state index < -0.39 is 0 Å². The summed E-state index contributed by atoms with van der Waals surface area (Å²) < 4.78 is 4.83. The van der Waals surface area contributed by atoms with Gasteiger partial charge >= 0.3 is 5.97 Å². The lowest BCUT2D eigenvalue weighted by molar-refractivity contribution is 0.0600. The van der Waals surface area contributed by atoms with Crippen LogP contribution in [-0.4, -0.2) is 18.1 Å². The largest absolute Gasteiger partial charge is 0.465 e. The van der Waals surface area contributed by atoms with E-state index >= 15 is 0 Å². The third-order valence-corrected chi connectivity index (χ3v) is 3.84. The molecule has 0 atom stereocenters. The van der Waals surface area contributed by atoms with Gasteiger partial charge in [-0.05, 0) is 42.5 Å². The number of aromatic amines is 1. The number of hydrogen-bond acceptors (Lipinski definition) is 2. The van der Waals surface area contributed by atoms with Crippen molar-refractivity contribution in [1.29, 1.82) is 0 Å².